The number of carboxylic acid groups (broad SMARTS) is 1. The Morgan fingerprint density at radius 1 is 1.43 bits per heavy atom. The Kier molecular flexibility index (Phi) is 4.63. The van der Waals surface area contributed by atoms with Gasteiger partial charge in [0.25, 0.3) is 0 Å². The van der Waals surface area contributed by atoms with Crippen LogP contribution in [0.15, 0.2) is 24.3 Å². The fraction of sp³-hybridized carbons (Fsp3) is 0.300. The average molecular weight is 199 g/mol. The number of carbonyl (C=O) groups is 1. The summed E-state index contributed by atoms with van der Waals surface area (Å²) in [6.07, 6.45) is 0. The zero-order valence-electron chi connectivity index (χ0n) is 7.12. The van der Waals surface area contributed by atoms with Crippen molar-refractivity contribution in [2.45, 2.75) is 20.4 Å². The van der Waals surface area contributed by atoms with Gasteiger partial charge in [-0.25, -0.2) is 4.39 Å². The van der Waals surface area contributed by atoms with Crippen molar-refractivity contribution in [1.29, 1.82) is 0 Å². The number of hydrogen-bond donors (Lipinski definition) is 2. The molecule has 4 heteroatoms. The van der Waals surface area contributed by atoms with Crippen LogP contribution in [0.4, 0.5) is 10.1 Å². The molecule has 1 aromatic rings. The second kappa shape index (κ2) is 5.21. The maximum atomic E-state index is 12.4. The molecule has 3 nitrogen and oxygen atoms in total. The van der Waals surface area contributed by atoms with Gasteiger partial charge >= 0.3 is 5.97 Å². The van der Waals surface area contributed by atoms with E-state index < -0.39 is 12.0 Å². The summed E-state index contributed by atoms with van der Waals surface area (Å²) in [6.45, 7) is 1.52. The van der Waals surface area contributed by atoms with Gasteiger partial charge in [-0.3, -0.25) is 4.79 Å². The topological polar surface area (TPSA) is 49.3 Å². The Morgan fingerprint density at radius 3 is 2.36 bits per heavy atom. The minimum absolute atomic E-state index is 0. The molecule has 78 valence electrons. The quantitative estimate of drug-likeness (QED) is 0.785. The number of rotatable bonds is 3. The number of aliphatic carboxylic acids is 1. The highest BCUT2D eigenvalue weighted by atomic mass is 19.1. The van der Waals surface area contributed by atoms with Crippen molar-refractivity contribution in [1.82, 2.24) is 0 Å². The molecule has 0 fully saturated rings. The van der Waals surface area contributed by atoms with Crippen molar-refractivity contribution < 1.29 is 14.3 Å². The lowest BCUT2D eigenvalue weighted by molar-refractivity contribution is -0.137. The van der Waals surface area contributed by atoms with Crippen LogP contribution in [0.1, 0.15) is 14.4 Å². The zero-order chi connectivity index (χ0) is 9.84. The molecule has 0 spiro atoms. The van der Waals surface area contributed by atoms with E-state index in [-0.39, 0.29) is 13.2 Å². The minimum Gasteiger partial charge on any atom is -0.480 e. The third-order valence-electron chi connectivity index (χ3n) is 1.60. The second-order valence-corrected chi connectivity index (χ2v) is 2.71. The molecular formula is C10H14FNO2. The largest absolute Gasteiger partial charge is 0.480 e. The number of carboxylic acids is 1. The van der Waals surface area contributed by atoms with Crippen molar-refractivity contribution in [3.63, 3.8) is 0 Å². The molecule has 0 aromatic heterocycles. The van der Waals surface area contributed by atoms with E-state index in [2.05, 4.69) is 5.32 Å². The highest BCUT2D eigenvalue weighted by molar-refractivity contribution is 5.76. The molecular weight excluding hydrogens is 185 g/mol. The maximum absolute atomic E-state index is 12.4. The fourth-order valence-corrected chi connectivity index (χ4v) is 0.858. The molecule has 0 heterocycles. The van der Waals surface area contributed by atoms with Gasteiger partial charge in [0.2, 0.25) is 0 Å². The molecule has 1 atom stereocenters. The Morgan fingerprint density at radius 2 is 1.93 bits per heavy atom. The minimum atomic E-state index is -0.940. The Bertz CT molecular complexity index is 297. The van der Waals surface area contributed by atoms with Gasteiger partial charge in [0, 0.05) is 5.69 Å². The number of nitrogens with one attached hydrogen (secondary N) is 1. The van der Waals surface area contributed by atoms with E-state index in [0.29, 0.717) is 5.69 Å². The third-order valence-corrected chi connectivity index (χ3v) is 1.60. The Balaban J connectivity index is 0.00000169. The Hall–Kier alpha value is -1.58. The summed E-state index contributed by atoms with van der Waals surface area (Å²) in [5, 5.41) is 11.3. The van der Waals surface area contributed by atoms with Crippen molar-refractivity contribution in [2.24, 2.45) is 0 Å². The molecule has 0 saturated heterocycles. The van der Waals surface area contributed by atoms with Gasteiger partial charge in [-0.2, -0.15) is 0 Å². The molecule has 2 N–H and O–H groups in total. The number of hydrogen-bond acceptors (Lipinski definition) is 2. The highest BCUT2D eigenvalue weighted by Crippen LogP contribution is 2.09. The Labute approximate surface area is 82.6 Å². The molecule has 0 radical (unpaired) electrons. The SMILES string of the molecule is C.CC(Nc1ccc(F)cc1)C(=O)O. The van der Waals surface area contributed by atoms with Gasteiger partial charge in [0.1, 0.15) is 11.9 Å². The van der Waals surface area contributed by atoms with E-state index in [1.54, 1.807) is 0 Å². The molecule has 14 heavy (non-hydrogen) atoms. The van der Waals surface area contributed by atoms with Crippen LogP contribution in [0.25, 0.3) is 0 Å². The summed E-state index contributed by atoms with van der Waals surface area (Å²) in [4.78, 5) is 10.4. The third kappa shape index (κ3) is 3.43. The number of halogens is 1. The van der Waals surface area contributed by atoms with Crippen LogP contribution < -0.4 is 5.32 Å². The fourth-order valence-electron chi connectivity index (χ4n) is 0.858. The molecule has 0 aliphatic carbocycles. The molecule has 0 saturated carbocycles. The van der Waals surface area contributed by atoms with Crippen LogP contribution in [-0.4, -0.2) is 17.1 Å². The maximum Gasteiger partial charge on any atom is 0.325 e. The van der Waals surface area contributed by atoms with Gasteiger partial charge in [0.05, 0.1) is 0 Å². The van der Waals surface area contributed by atoms with Crippen LogP contribution in [0.3, 0.4) is 0 Å². The van der Waals surface area contributed by atoms with Gasteiger partial charge < -0.3 is 10.4 Å². The highest BCUT2D eigenvalue weighted by Gasteiger charge is 2.09. The predicted molar refractivity (Wildman–Crippen MR) is 53.9 cm³/mol. The van der Waals surface area contributed by atoms with E-state index in [9.17, 15) is 9.18 Å². The molecule has 0 bridgehead atoms. The van der Waals surface area contributed by atoms with Crippen LogP contribution in [0, 0.1) is 5.82 Å². The van der Waals surface area contributed by atoms with E-state index >= 15 is 0 Å². The van der Waals surface area contributed by atoms with Gasteiger partial charge in [-0.1, -0.05) is 7.43 Å². The smallest absolute Gasteiger partial charge is 0.325 e. The van der Waals surface area contributed by atoms with E-state index in [4.69, 9.17) is 5.11 Å². The van der Waals surface area contributed by atoms with Crippen LogP contribution in [0.5, 0.6) is 0 Å². The molecule has 0 amide bonds. The second-order valence-electron chi connectivity index (χ2n) is 2.71. The van der Waals surface area contributed by atoms with Gasteiger partial charge in [0.15, 0.2) is 0 Å². The lowest BCUT2D eigenvalue weighted by atomic mass is 10.2. The first-order valence-electron chi connectivity index (χ1n) is 3.84. The van der Waals surface area contributed by atoms with E-state index in [1.165, 1.54) is 31.2 Å². The molecule has 1 aromatic carbocycles. The number of benzene rings is 1. The normalized spacial score (nSPS) is 11.3. The van der Waals surface area contributed by atoms with Gasteiger partial charge in [-0.15, -0.1) is 0 Å². The molecule has 0 aliphatic heterocycles. The van der Waals surface area contributed by atoms with Crippen LogP contribution in [0.2, 0.25) is 0 Å². The standard InChI is InChI=1S/C9H10FNO2.CH4/c1-6(9(12)13)11-8-4-2-7(10)3-5-8;/h2-6,11H,1H3,(H,12,13);1H4. The average Bonchev–Trinajstić information content (AvgIpc) is 2.08. The van der Waals surface area contributed by atoms with Crippen LogP contribution >= 0.6 is 0 Å². The summed E-state index contributed by atoms with van der Waals surface area (Å²) in [5.41, 5.74) is 0.594. The van der Waals surface area contributed by atoms with E-state index in [0.717, 1.165) is 0 Å². The van der Waals surface area contributed by atoms with Crippen molar-refractivity contribution in [3.8, 4) is 0 Å². The number of anilines is 1. The monoisotopic (exact) mass is 199 g/mol. The molecule has 1 unspecified atom stereocenters. The molecule has 0 aliphatic rings. The van der Waals surface area contributed by atoms with Crippen LogP contribution in [-0.2, 0) is 4.79 Å². The summed E-state index contributed by atoms with van der Waals surface area (Å²) in [7, 11) is 0. The summed E-state index contributed by atoms with van der Waals surface area (Å²) >= 11 is 0. The lowest BCUT2D eigenvalue weighted by Gasteiger charge is -2.09. The first-order chi connectivity index (χ1) is 6.09. The van der Waals surface area contributed by atoms with Crippen molar-refractivity contribution in [2.75, 3.05) is 5.32 Å². The summed E-state index contributed by atoms with van der Waals surface area (Å²) in [6, 6.07) is 4.86. The first kappa shape index (κ1) is 12.4. The first-order valence-corrected chi connectivity index (χ1v) is 3.84. The molecule has 1 rings (SSSR count). The van der Waals surface area contributed by atoms with Crippen molar-refractivity contribution in [3.05, 3.63) is 30.1 Å². The summed E-state index contributed by atoms with van der Waals surface area (Å²) < 4.78 is 12.4. The van der Waals surface area contributed by atoms with Gasteiger partial charge in [-0.05, 0) is 31.2 Å². The van der Waals surface area contributed by atoms with E-state index in [1.807, 2.05) is 0 Å². The summed E-state index contributed by atoms with van der Waals surface area (Å²) in [5.74, 6) is -1.28. The van der Waals surface area contributed by atoms with Crippen molar-refractivity contribution >= 4 is 11.7 Å². The zero-order valence-corrected chi connectivity index (χ0v) is 7.12. The lowest BCUT2D eigenvalue weighted by Crippen LogP contribution is -2.25. The predicted octanol–water partition coefficient (Wildman–Crippen LogP) is 2.35.